The van der Waals surface area contributed by atoms with Gasteiger partial charge in [0.05, 0.1) is 6.54 Å². The summed E-state index contributed by atoms with van der Waals surface area (Å²) in [4.78, 5) is 6.45. The normalized spacial score (nSPS) is 15.2. The van der Waals surface area contributed by atoms with Crippen molar-refractivity contribution in [2.24, 2.45) is 10.7 Å². The third-order valence-corrected chi connectivity index (χ3v) is 3.77. The minimum atomic E-state index is 0. The minimum Gasteiger partial charge on any atom is -0.491 e. The van der Waals surface area contributed by atoms with E-state index in [9.17, 15) is 0 Å². The lowest BCUT2D eigenvalue weighted by Gasteiger charge is -2.22. The number of nitrogens with zero attached hydrogens (tertiary/aromatic N) is 2. The molecule has 0 aliphatic heterocycles. The van der Waals surface area contributed by atoms with Gasteiger partial charge in [-0.25, -0.2) is 4.99 Å². The zero-order chi connectivity index (χ0) is 15.5. The van der Waals surface area contributed by atoms with Crippen molar-refractivity contribution >= 4 is 29.9 Å². The molecule has 2 N–H and O–H groups in total. The number of guanidine groups is 1. The first-order valence-electron chi connectivity index (χ1n) is 7.64. The first-order chi connectivity index (χ1) is 9.89. The summed E-state index contributed by atoms with van der Waals surface area (Å²) in [6, 6.07) is 8.78. The maximum Gasteiger partial charge on any atom is 0.191 e. The summed E-state index contributed by atoms with van der Waals surface area (Å²) in [5.74, 6) is 1.56. The van der Waals surface area contributed by atoms with E-state index in [0.717, 1.165) is 5.75 Å². The number of ether oxygens (including phenoxy) is 1. The Kier molecular flexibility index (Phi) is 6.97. The van der Waals surface area contributed by atoms with Crippen molar-refractivity contribution in [2.45, 2.75) is 45.1 Å². The Labute approximate surface area is 151 Å². The van der Waals surface area contributed by atoms with Crippen LogP contribution in [0.5, 0.6) is 5.75 Å². The second kappa shape index (κ2) is 8.04. The van der Waals surface area contributed by atoms with Crippen LogP contribution < -0.4 is 10.5 Å². The Morgan fingerprint density at radius 2 is 1.95 bits per heavy atom. The van der Waals surface area contributed by atoms with Gasteiger partial charge in [-0.15, -0.1) is 24.0 Å². The van der Waals surface area contributed by atoms with Crippen molar-refractivity contribution in [2.75, 3.05) is 20.2 Å². The fraction of sp³-hybridized carbons (Fsp3) is 0.588. The highest BCUT2D eigenvalue weighted by atomic mass is 127. The van der Waals surface area contributed by atoms with Crippen LogP contribution in [0.15, 0.2) is 29.3 Å². The largest absolute Gasteiger partial charge is 0.491 e. The summed E-state index contributed by atoms with van der Waals surface area (Å²) >= 11 is 0. The molecule has 1 fully saturated rings. The molecule has 0 unspecified atom stereocenters. The van der Waals surface area contributed by atoms with Gasteiger partial charge in [-0.05, 0) is 29.9 Å². The molecule has 22 heavy (non-hydrogen) atoms. The number of benzene rings is 1. The van der Waals surface area contributed by atoms with E-state index in [0.29, 0.717) is 25.2 Å². The topological polar surface area (TPSA) is 50.8 Å². The number of halogens is 1. The third-order valence-electron chi connectivity index (χ3n) is 3.77. The summed E-state index contributed by atoms with van der Waals surface area (Å²) in [5.41, 5.74) is 7.25. The van der Waals surface area contributed by atoms with E-state index in [-0.39, 0.29) is 29.4 Å². The molecule has 1 aromatic carbocycles. The lowest BCUT2D eigenvalue weighted by Crippen LogP contribution is -2.36. The standard InChI is InChI=1S/C17H27N3O.HI/c1-17(2,3)14-7-5-6-8-15(14)21-12-11-19-16(18)20(4)13-9-10-13;/h5-8,13H,9-12H2,1-4H3,(H2,18,19);1H. The fourth-order valence-corrected chi connectivity index (χ4v) is 2.29. The van der Waals surface area contributed by atoms with Gasteiger partial charge in [0.15, 0.2) is 5.96 Å². The SMILES string of the molecule is CN(C(N)=NCCOc1ccccc1C(C)(C)C)C1CC1.I. The predicted octanol–water partition coefficient (Wildman–Crippen LogP) is 3.39. The molecular weight excluding hydrogens is 389 g/mol. The summed E-state index contributed by atoms with van der Waals surface area (Å²) in [5, 5.41) is 0. The first-order valence-corrected chi connectivity index (χ1v) is 7.64. The lowest BCUT2D eigenvalue weighted by molar-refractivity contribution is 0.318. The number of aliphatic imine (C=N–C) groups is 1. The first kappa shape index (κ1) is 19.1. The average molecular weight is 417 g/mol. The molecule has 0 saturated heterocycles. The molecule has 1 saturated carbocycles. The van der Waals surface area contributed by atoms with Gasteiger partial charge < -0.3 is 15.4 Å². The van der Waals surface area contributed by atoms with Gasteiger partial charge in [0.25, 0.3) is 0 Å². The maximum absolute atomic E-state index is 5.96. The molecule has 2 rings (SSSR count). The average Bonchev–Trinajstić information content (AvgIpc) is 3.26. The van der Waals surface area contributed by atoms with Gasteiger partial charge in [-0.2, -0.15) is 0 Å². The van der Waals surface area contributed by atoms with Crippen LogP contribution in [-0.2, 0) is 5.41 Å². The van der Waals surface area contributed by atoms with Crippen molar-refractivity contribution in [1.29, 1.82) is 0 Å². The maximum atomic E-state index is 5.96. The second-order valence-electron chi connectivity index (χ2n) is 6.68. The quantitative estimate of drug-likeness (QED) is 0.346. The Bertz CT molecular complexity index is 507. The summed E-state index contributed by atoms with van der Waals surface area (Å²) < 4.78 is 5.89. The van der Waals surface area contributed by atoms with Crippen LogP contribution in [0, 0.1) is 0 Å². The Morgan fingerprint density at radius 1 is 1.32 bits per heavy atom. The summed E-state index contributed by atoms with van der Waals surface area (Å²) in [6.45, 7) is 7.70. The molecule has 1 aliphatic rings. The Balaban J connectivity index is 0.00000242. The molecule has 0 amide bonds. The number of hydrogen-bond donors (Lipinski definition) is 1. The highest BCUT2D eigenvalue weighted by Gasteiger charge is 2.27. The van der Waals surface area contributed by atoms with Crippen LogP contribution in [-0.4, -0.2) is 37.1 Å². The smallest absolute Gasteiger partial charge is 0.191 e. The van der Waals surface area contributed by atoms with Gasteiger partial charge in [-0.3, -0.25) is 0 Å². The fourth-order valence-electron chi connectivity index (χ4n) is 2.29. The van der Waals surface area contributed by atoms with Crippen molar-refractivity contribution in [3.05, 3.63) is 29.8 Å². The third kappa shape index (κ3) is 5.34. The van der Waals surface area contributed by atoms with E-state index in [2.05, 4.69) is 36.7 Å². The van der Waals surface area contributed by atoms with Crippen molar-refractivity contribution in [3.8, 4) is 5.75 Å². The van der Waals surface area contributed by atoms with E-state index in [1.54, 1.807) is 0 Å². The van der Waals surface area contributed by atoms with Crippen LogP contribution in [0.1, 0.15) is 39.2 Å². The summed E-state index contributed by atoms with van der Waals surface area (Å²) in [7, 11) is 2.01. The van der Waals surface area contributed by atoms with E-state index in [4.69, 9.17) is 10.5 Å². The van der Waals surface area contributed by atoms with E-state index in [1.165, 1.54) is 18.4 Å². The van der Waals surface area contributed by atoms with Gasteiger partial charge in [0.2, 0.25) is 0 Å². The van der Waals surface area contributed by atoms with Gasteiger partial charge in [0, 0.05) is 13.1 Å². The highest BCUT2D eigenvalue weighted by Crippen LogP contribution is 2.30. The molecule has 0 spiro atoms. The number of rotatable bonds is 5. The molecule has 0 radical (unpaired) electrons. The molecule has 1 aromatic rings. The zero-order valence-electron chi connectivity index (χ0n) is 14.0. The molecule has 0 heterocycles. The van der Waals surface area contributed by atoms with Gasteiger partial charge >= 0.3 is 0 Å². The predicted molar refractivity (Wildman–Crippen MR) is 103 cm³/mol. The Morgan fingerprint density at radius 3 is 2.55 bits per heavy atom. The molecular formula is C17H28IN3O. The van der Waals surface area contributed by atoms with Gasteiger partial charge in [0.1, 0.15) is 12.4 Å². The molecule has 0 bridgehead atoms. The van der Waals surface area contributed by atoms with Crippen LogP contribution in [0.4, 0.5) is 0 Å². The molecule has 0 atom stereocenters. The molecule has 5 heteroatoms. The van der Waals surface area contributed by atoms with Crippen molar-refractivity contribution in [3.63, 3.8) is 0 Å². The number of para-hydroxylation sites is 1. The molecule has 1 aliphatic carbocycles. The lowest BCUT2D eigenvalue weighted by atomic mass is 9.86. The number of hydrogen-bond acceptors (Lipinski definition) is 2. The Hall–Kier alpha value is -0.980. The zero-order valence-corrected chi connectivity index (χ0v) is 16.3. The number of nitrogens with two attached hydrogens (primary N) is 1. The van der Waals surface area contributed by atoms with Crippen molar-refractivity contribution < 1.29 is 4.74 Å². The van der Waals surface area contributed by atoms with Crippen LogP contribution in [0.3, 0.4) is 0 Å². The van der Waals surface area contributed by atoms with Crippen LogP contribution in [0.25, 0.3) is 0 Å². The molecule has 0 aromatic heterocycles. The minimum absolute atomic E-state index is 0. The van der Waals surface area contributed by atoms with Crippen molar-refractivity contribution in [1.82, 2.24) is 4.90 Å². The van der Waals surface area contributed by atoms with Crippen LogP contribution in [0.2, 0.25) is 0 Å². The van der Waals surface area contributed by atoms with E-state index < -0.39 is 0 Å². The summed E-state index contributed by atoms with van der Waals surface area (Å²) in [6.07, 6.45) is 2.45. The second-order valence-corrected chi connectivity index (χ2v) is 6.68. The van der Waals surface area contributed by atoms with E-state index >= 15 is 0 Å². The van der Waals surface area contributed by atoms with Crippen LogP contribution >= 0.6 is 24.0 Å². The monoisotopic (exact) mass is 417 g/mol. The van der Waals surface area contributed by atoms with E-state index in [1.807, 2.05) is 25.2 Å². The van der Waals surface area contributed by atoms with Gasteiger partial charge in [-0.1, -0.05) is 39.0 Å². The molecule has 124 valence electrons. The highest BCUT2D eigenvalue weighted by molar-refractivity contribution is 14.0. The molecule has 4 nitrogen and oxygen atoms in total.